The zero-order chi connectivity index (χ0) is 14.7. The fourth-order valence-corrected chi connectivity index (χ4v) is 2.30. The fourth-order valence-electron chi connectivity index (χ4n) is 2.18. The fraction of sp³-hybridized carbons (Fsp3) is 0.429. The van der Waals surface area contributed by atoms with Crippen LogP contribution in [0.2, 0.25) is 5.02 Å². The second-order valence-corrected chi connectivity index (χ2v) is 5.21. The smallest absolute Gasteiger partial charge is 0.306 e. The van der Waals surface area contributed by atoms with Gasteiger partial charge in [0.2, 0.25) is 0 Å². The molecule has 1 unspecified atom stereocenters. The molecular weight excluding hydrogens is 282 g/mol. The van der Waals surface area contributed by atoms with Crippen LogP contribution in [0.25, 0.3) is 0 Å². The third-order valence-corrected chi connectivity index (χ3v) is 3.66. The maximum atomic E-state index is 12.4. The Balaban J connectivity index is 2.08. The van der Waals surface area contributed by atoms with Gasteiger partial charge in [0.15, 0.2) is 0 Å². The largest absolute Gasteiger partial charge is 0.481 e. The van der Waals surface area contributed by atoms with Gasteiger partial charge in [0.25, 0.3) is 5.91 Å². The Labute approximate surface area is 122 Å². The van der Waals surface area contributed by atoms with Gasteiger partial charge < -0.3 is 14.7 Å². The molecule has 108 valence electrons. The lowest BCUT2D eigenvalue weighted by Gasteiger charge is -2.32. The molecule has 2 rings (SSSR count). The van der Waals surface area contributed by atoms with Crippen LogP contribution in [-0.4, -0.2) is 47.7 Å². The quantitative estimate of drug-likeness (QED) is 0.926. The van der Waals surface area contributed by atoms with Crippen molar-refractivity contribution in [3.63, 3.8) is 0 Å². The molecule has 1 amide bonds. The molecule has 1 aliphatic heterocycles. The summed E-state index contributed by atoms with van der Waals surface area (Å²) in [6.45, 7) is 2.96. The van der Waals surface area contributed by atoms with Crippen LogP contribution in [0.3, 0.4) is 0 Å². The van der Waals surface area contributed by atoms with E-state index in [1.54, 1.807) is 23.1 Å². The van der Waals surface area contributed by atoms with Crippen molar-refractivity contribution < 1.29 is 19.4 Å². The summed E-state index contributed by atoms with van der Waals surface area (Å²) in [7, 11) is 0. The summed E-state index contributed by atoms with van der Waals surface area (Å²) in [4.78, 5) is 24.7. The maximum absolute atomic E-state index is 12.4. The molecule has 20 heavy (non-hydrogen) atoms. The van der Waals surface area contributed by atoms with E-state index in [2.05, 4.69) is 0 Å². The van der Waals surface area contributed by atoms with E-state index in [1.807, 2.05) is 6.92 Å². The van der Waals surface area contributed by atoms with Gasteiger partial charge in [-0.3, -0.25) is 9.59 Å². The third kappa shape index (κ3) is 3.49. The van der Waals surface area contributed by atoms with E-state index in [0.717, 1.165) is 5.56 Å². The maximum Gasteiger partial charge on any atom is 0.306 e. The first-order chi connectivity index (χ1) is 9.47. The van der Waals surface area contributed by atoms with Gasteiger partial charge in [0.1, 0.15) is 0 Å². The number of carbonyl (C=O) groups is 2. The van der Waals surface area contributed by atoms with Crippen molar-refractivity contribution in [2.45, 2.75) is 19.4 Å². The Morgan fingerprint density at radius 1 is 1.50 bits per heavy atom. The molecule has 0 saturated carbocycles. The average Bonchev–Trinajstić information content (AvgIpc) is 2.40. The number of aliphatic carboxylic acids is 1. The molecule has 1 saturated heterocycles. The highest BCUT2D eigenvalue weighted by Crippen LogP contribution is 2.19. The zero-order valence-electron chi connectivity index (χ0n) is 11.1. The van der Waals surface area contributed by atoms with Crippen molar-refractivity contribution in [1.29, 1.82) is 0 Å². The minimum Gasteiger partial charge on any atom is -0.481 e. The number of hydrogen-bond donors (Lipinski definition) is 1. The van der Waals surface area contributed by atoms with E-state index in [-0.39, 0.29) is 12.3 Å². The number of morpholine rings is 1. The lowest BCUT2D eigenvalue weighted by Crippen LogP contribution is -2.46. The van der Waals surface area contributed by atoms with E-state index in [4.69, 9.17) is 21.4 Å². The van der Waals surface area contributed by atoms with Gasteiger partial charge in [0, 0.05) is 23.7 Å². The number of aryl methyl sites for hydroxylation is 1. The molecule has 1 aliphatic rings. The highest BCUT2D eigenvalue weighted by Gasteiger charge is 2.26. The van der Waals surface area contributed by atoms with Crippen molar-refractivity contribution in [3.05, 3.63) is 34.3 Å². The van der Waals surface area contributed by atoms with Crippen molar-refractivity contribution >= 4 is 23.5 Å². The number of nitrogens with zero attached hydrogens (tertiary/aromatic N) is 1. The van der Waals surface area contributed by atoms with Gasteiger partial charge in [-0.05, 0) is 30.7 Å². The molecule has 0 aromatic heterocycles. The number of ether oxygens (including phenoxy) is 1. The average molecular weight is 298 g/mol. The van der Waals surface area contributed by atoms with Crippen LogP contribution >= 0.6 is 11.6 Å². The number of halogens is 1. The molecule has 6 heteroatoms. The molecule has 1 atom stereocenters. The topological polar surface area (TPSA) is 66.8 Å². The lowest BCUT2D eigenvalue weighted by atomic mass is 10.1. The number of hydrogen-bond acceptors (Lipinski definition) is 3. The van der Waals surface area contributed by atoms with E-state index in [1.165, 1.54) is 0 Å². The van der Waals surface area contributed by atoms with Gasteiger partial charge in [0.05, 0.1) is 19.1 Å². The molecule has 0 radical (unpaired) electrons. The number of carboxylic acids is 1. The van der Waals surface area contributed by atoms with Crippen LogP contribution in [0.1, 0.15) is 22.3 Å². The summed E-state index contributed by atoms with van der Waals surface area (Å²) in [6, 6.07) is 5.12. The van der Waals surface area contributed by atoms with Gasteiger partial charge >= 0.3 is 5.97 Å². The number of rotatable bonds is 3. The predicted octanol–water partition coefficient (Wildman–Crippen LogP) is 1.96. The van der Waals surface area contributed by atoms with Crippen LogP contribution in [0.5, 0.6) is 0 Å². The standard InChI is InChI=1S/C14H16ClNO4/c1-9-6-10(2-3-12(9)15)14(19)16-4-5-20-11(8-16)7-13(17)18/h2-3,6,11H,4-5,7-8H2,1H3,(H,17,18). The Bertz CT molecular complexity index is 532. The highest BCUT2D eigenvalue weighted by molar-refractivity contribution is 6.31. The summed E-state index contributed by atoms with van der Waals surface area (Å²) in [5.41, 5.74) is 1.40. The van der Waals surface area contributed by atoms with Gasteiger partial charge in [-0.2, -0.15) is 0 Å². The van der Waals surface area contributed by atoms with E-state index >= 15 is 0 Å². The Morgan fingerprint density at radius 3 is 2.90 bits per heavy atom. The third-order valence-electron chi connectivity index (χ3n) is 3.23. The second-order valence-electron chi connectivity index (χ2n) is 4.81. The Kier molecular flexibility index (Phi) is 4.62. The van der Waals surface area contributed by atoms with Gasteiger partial charge in [-0.25, -0.2) is 0 Å². The van der Waals surface area contributed by atoms with E-state index in [9.17, 15) is 9.59 Å². The summed E-state index contributed by atoms with van der Waals surface area (Å²) in [6.07, 6.45) is -0.540. The number of amides is 1. The number of carboxylic acid groups (broad SMARTS) is 1. The minimum atomic E-state index is -0.924. The van der Waals surface area contributed by atoms with Gasteiger partial charge in [-0.15, -0.1) is 0 Å². The number of carbonyl (C=O) groups excluding carboxylic acids is 1. The Morgan fingerprint density at radius 2 is 2.25 bits per heavy atom. The molecule has 1 aromatic rings. The molecule has 1 aromatic carbocycles. The summed E-state index contributed by atoms with van der Waals surface area (Å²) in [5.74, 6) is -1.05. The lowest BCUT2D eigenvalue weighted by molar-refractivity contribution is -0.141. The zero-order valence-corrected chi connectivity index (χ0v) is 11.9. The predicted molar refractivity (Wildman–Crippen MR) is 74.1 cm³/mol. The first-order valence-corrected chi connectivity index (χ1v) is 6.74. The summed E-state index contributed by atoms with van der Waals surface area (Å²) < 4.78 is 5.35. The molecule has 1 N–H and O–H groups in total. The molecular formula is C14H16ClNO4. The summed E-state index contributed by atoms with van der Waals surface area (Å²) in [5, 5.41) is 9.39. The first-order valence-electron chi connectivity index (χ1n) is 6.36. The highest BCUT2D eigenvalue weighted by atomic mass is 35.5. The van der Waals surface area contributed by atoms with Crippen LogP contribution in [0.15, 0.2) is 18.2 Å². The van der Waals surface area contributed by atoms with Crippen LogP contribution in [-0.2, 0) is 9.53 Å². The monoisotopic (exact) mass is 297 g/mol. The van der Waals surface area contributed by atoms with Crippen LogP contribution < -0.4 is 0 Å². The van der Waals surface area contributed by atoms with Crippen molar-refractivity contribution in [3.8, 4) is 0 Å². The van der Waals surface area contributed by atoms with Crippen molar-refractivity contribution in [1.82, 2.24) is 4.90 Å². The van der Waals surface area contributed by atoms with Crippen molar-refractivity contribution in [2.75, 3.05) is 19.7 Å². The van der Waals surface area contributed by atoms with E-state index in [0.29, 0.717) is 30.3 Å². The normalized spacial score (nSPS) is 18.9. The van der Waals surface area contributed by atoms with Crippen LogP contribution in [0, 0.1) is 6.92 Å². The Hall–Kier alpha value is -1.59. The first kappa shape index (κ1) is 14.8. The molecule has 0 bridgehead atoms. The van der Waals surface area contributed by atoms with E-state index < -0.39 is 12.1 Å². The summed E-state index contributed by atoms with van der Waals surface area (Å²) >= 11 is 5.94. The SMILES string of the molecule is Cc1cc(C(=O)N2CCOC(CC(=O)O)C2)ccc1Cl. The molecule has 0 spiro atoms. The van der Waals surface area contributed by atoms with Crippen molar-refractivity contribution in [2.24, 2.45) is 0 Å². The minimum absolute atomic E-state index is 0.0938. The van der Waals surface area contributed by atoms with Crippen LogP contribution in [0.4, 0.5) is 0 Å². The molecule has 1 fully saturated rings. The molecule has 1 heterocycles. The second kappa shape index (κ2) is 6.24. The molecule has 5 nitrogen and oxygen atoms in total. The molecule has 0 aliphatic carbocycles. The number of benzene rings is 1. The van der Waals surface area contributed by atoms with Gasteiger partial charge in [-0.1, -0.05) is 11.6 Å².